The molecule has 4 rings (SSSR count). The van der Waals surface area contributed by atoms with Crippen LogP contribution in [0.4, 0.5) is 0 Å². The minimum Gasteiger partial charge on any atom is -2.00 e. The fourth-order valence-electron chi connectivity index (χ4n) is 3.65. The van der Waals surface area contributed by atoms with Crippen LogP contribution in [-0.4, -0.2) is 66.2 Å². The van der Waals surface area contributed by atoms with Gasteiger partial charge in [-0.05, 0) is 49.9 Å². The molecule has 0 aliphatic rings. The molecule has 0 fully saturated rings. The Morgan fingerprint density at radius 3 is 0.738 bits per heavy atom. The Morgan fingerprint density at radius 2 is 0.554 bits per heavy atom. The van der Waals surface area contributed by atoms with Crippen molar-refractivity contribution in [3.05, 3.63) is 119 Å². The monoisotopic (exact) mass is 1480 g/mol. The van der Waals surface area contributed by atoms with Crippen LogP contribution in [0.2, 0.25) is 0 Å². The maximum absolute atomic E-state index is 11.6. The van der Waals surface area contributed by atoms with Crippen molar-refractivity contribution in [2.24, 2.45) is 20.0 Å². The zero-order chi connectivity index (χ0) is 46.3. The predicted molar refractivity (Wildman–Crippen MR) is 259 cm³/mol. The van der Waals surface area contributed by atoms with Crippen LogP contribution in [0.3, 0.4) is 0 Å². The van der Waals surface area contributed by atoms with E-state index in [0.29, 0.717) is 35.3 Å². The van der Waals surface area contributed by atoms with Crippen LogP contribution in [0.15, 0.2) is 117 Å². The average molecular weight is 1490 g/mol. The number of nitrogens with zero attached hydrogens (tertiary/aromatic N) is 4. The van der Waals surface area contributed by atoms with Gasteiger partial charge in [-0.15, -0.1) is 23.0 Å². The summed E-state index contributed by atoms with van der Waals surface area (Å²) >= 11 is 57.7. The number of benzene rings is 4. The van der Waals surface area contributed by atoms with Gasteiger partial charge in [-0.2, -0.15) is 0 Å². The van der Waals surface area contributed by atoms with Crippen LogP contribution in [0.25, 0.3) is 0 Å². The summed E-state index contributed by atoms with van der Waals surface area (Å²) in [7, 11) is 0. The Kier molecular flexibility index (Phi) is 55.5. The normalized spacial score (nSPS) is 10.5. The molecule has 0 amide bonds. The number of hydrogen-bond acceptors (Lipinski definition) is 8. The van der Waals surface area contributed by atoms with E-state index in [1.807, 2.05) is 27.7 Å². The van der Waals surface area contributed by atoms with Crippen LogP contribution < -0.4 is 20.4 Å². The second kappa shape index (κ2) is 45.9. The summed E-state index contributed by atoms with van der Waals surface area (Å²) in [6, 6.07) is 27.0. The maximum Gasteiger partial charge on any atom is 0.180 e. The van der Waals surface area contributed by atoms with Gasteiger partial charge in [-0.1, -0.05) is 236 Å². The molecule has 0 bridgehead atoms. The summed E-state index contributed by atoms with van der Waals surface area (Å²) in [5.74, 6) is -0.197. The van der Waals surface area contributed by atoms with E-state index < -0.39 is 28.3 Å². The Bertz CT molecular complexity index is 1730. The van der Waals surface area contributed by atoms with E-state index in [1.165, 1.54) is 24.3 Å². The first-order chi connectivity index (χ1) is 27.9. The molecule has 0 spiro atoms. The Balaban J connectivity index is -0.000000147. The molecule has 0 heterocycles. The predicted octanol–water partition coefficient (Wildman–Crippen LogP) is 11.9. The molecule has 4 aromatic rings. The zero-order valence-corrected chi connectivity index (χ0v) is 48.7. The molecule has 0 aliphatic carbocycles. The molecular formula is C40H40Cl12N4O7Re2-10. The second-order valence-corrected chi connectivity index (χ2v) is 20.1. The number of para-hydroxylation sites is 4. The number of hydrogen-bond donors (Lipinski definition) is 0. The van der Waals surface area contributed by atoms with Crippen LogP contribution in [0, 0.1) is 0 Å². The number of halogens is 12. The molecule has 11 nitrogen and oxygen atoms in total. The zero-order valence-electron chi connectivity index (χ0n) is 34.2. The van der Waals surface area contributed by atoms with Crippen molar-refractivity contribution >= 4 is 164 Å². The minimum absolute atomic E-state index is 0. The van der Waals surface area contributed by atoms with E-state index >= 15 is 0 Å². The third-order valence-corrected chi connectivity index (χ3v) is 6.20. The quantitative estimate of drug-likeness (QED) is 0.111. The molecule has 0 atom stereocenters. The summed E-state index contributed by atoms with van der Waals surface area (Å²) in [6.07, 6.45) is 6.31. The average Bonchev–Trinajstić information content (AvgIpc) is 3.12. The number of aliphatic imine (C=N–C) groups is 4. The topological polar surface area (TPSA) is 227 Å². The van der Waals surface area contributed by atoms with Gasteiger partial charge in [-0.25, -0.2) is 0 Å². The van der Waals surface area contributed by atoms with Gasteiger partial charge >= 0.3 is 0 Å². The van der Waals surface area contributed by atoms with Crippen LogP contribution in [-0.2, 0) is 57.3 Å². The summed E-state index contributed by atoms with van der Waals surface area (Å²) in [5, 5.41) is 46.4. The number of alkyl halides is 12. The number of rotatable bonds is 10. The van der Waals surface area contributed by atoms with E-state index in [-0.39, 0.29) is 80.3 Å². The van der Waals surface area contributed by atoms with E-state index in [9.17, 15) is 20.4 Å². The Hall–Kier alpha value is -0.555. The van der Waals surface area contributed by atoms with Crippen molar-refractivity contribution < 1.29 is 77.7 Å². The minimum atomic E-state index is -0.750. The molecule has 0 aromatic heterocycles. The molecule has 0 aliphatic heterocycles. The van der Waals surface area contributed by atoms with Gasteiger partial charge in [0.05, 0.1) is 24.2 Å². The van der Waals surface area contributed by atoms with Gasteiger partial charge < -0.3 is 36.9 Å². The Morgan fingerprint density at radius 1 is 0.385 bits per heavy atom. The fourth-order valence-corrected chi connectivity index (χ4v) is 3.65. The molecule has 0 saturated heterocycles. The summed E-state index contributed by atoms with van der Waals surface area (Å²) in [4.78, 5) is 17.4. The molecule has 0 unspecified atom stereocenters. The van der Waals surface area contributed by atoms with Gasteiger partial charge in [0.2, 0.25) is 0 Å². The van der Waals surface area contributed by atoms with Crippen molar-refractivity contribution in [1.29, 1.82) is 0 Å². The van der Waals surface area contributed by atoms with Gasteiger partial charge in [0, 0.05) is 65.7 Å². The summed E-state index contributed by atoms with van der Waals surface area (Å²) in [6.45, 7) is 8.57. The third-order valence-electron chi connectivity index (χ3n) is 6.20. The van der Waals surface area contributed by atoms with Gasteiger partial charge in [-0.3, -0.25) is 20.0 Å². The van der Waals surface area contributed by atoms with Crippen molar-refractivity contribution in [1.82, 2.24) is 0 Å². The van der Waals surface area contributed by atoms with Gasteiger partial charge in [0.1, 0.15) is 0 Å². The van der Waals surface area contributed by atoms with Crippen molar-refractivity contribution in [3.63, 3.8) is 0 Å². The smallest absolute Gasteiger partial charge is 0.180 e. The first-order valence-corrected chi connectivity index (χ1v) is 22.0. The Labute approximate surface area is 468 Å². The van der Waals surface area contributed by atoms with Gasteiger partial charge in [0.15, 0.2) is 17.2 Å². The van der Waals surface area contributed by atoms with E-state index in [0.717, 1.165) is 0 Å². The molecule has 25 heteroatoms. The second-order valence-electron chi connectivity index (χ2n) is 12.2. The van der Waals surface area contributed by atoms with Crippen LogP contribution >= 0.6 is 139 Å². The summed E-state index contributed by atoms with van der Waals surface area (Å²) < 4.78 is -3.00. The van der Waals surface area contributed by atoms with Crippen molar-refractivity contribution in [2.45, 2.75) is 56.0 Å². The van der Waals surface area contributed by atoms with E-state index in [1.54, 1.807) is 97.7 Å². The molecule has 4 aromatic carbocycles. The largest absolute Gasteiger partial charge is 2.00 e. The first-order valence-electron chi connectivity index (χ1n) is 16.7. The maximum atomic E-state index is 11.6. The first kappa shape index (κ1) is 78.6. The third kappa shape index (κ3) is 49.7. The summed E-state index contributed by atoms with van der Waals surface area (Å²) in [5.41, 5.74) is 1.35. The molecule has 65 heavy (non-hydrogen) atoms. The SMILES string of the molecule is CC(C)(CN=Cc1ccccc1[O-])N=Cc1ccccc1[O-].CC(C)(CN=Cc1ccccc1[O-])N=Cc1ccccc1[O-].ClC(Cl)Cl.ClC(Cl)Cl.ClC(Cl)Cl.ClC(Cl)Cl.[O-2].[O-2].[O-2].[Re].[Re]. The van der Waals surface area contributed by atoms with Crippen molar-refractivity contribution in [3.8, 4) is 23.0 Å². The van der Waals surface area contributed by atoms with Crippen LogP contribution in [0.1, 0.15) is 49.9 Å². The molecule has 2 radical (unpaired) electrons. The van der Waals surface area contributed by atoms with E-state index in [4.69, 9.17) is 139 Å². The molecule has 0 N–H and O–H groups in total. The molecule has 0 saturated carbocycles. The fraction of sp³-hybridized carbons (Fsp3) is 0.300. The molecule has 370 valence electrons. The molecular weight excluding hydrogens is 1450 g/mol. The van der Waals surface area contributed by atoms with E-state index in [2.05, 4.69) is 20.0 Å². The standard InChI is InChI=1S/2C18H20N2O2.4CHCl3.3O.2Re/c2*1-18(2,20-12-15-8-4-6-10-17(15)22)13-19-11-14-7-3-5-9-16(14)21;4*2-1(3)4;;;;;/h2*3-12,21-22H,13H2,1-2H3;4*1H;;;;;/q;;;;;;3*-2;;/p-4. The van der Waals surface area contributed by atoms with Crippen molar-refractivity contribution in [2.75, 3.05) is 13.1 Å². The van der Waals surface area contributed by atoms with Gasteiger partial charge in [0.25, 0.3) is 0 Å². The van der Waals surface area contributed by atoms with Crippen LogP contribution in [0.5, 0.6) is 23.0 Å².